The Hall–Kier alpha value is -2.61. The van der Waals surface area contributed by atoms with Crippen LogP contribution < -0.4 is 10.6 Å². The zero-order chi connectivity index (χ0) is 14.8. The molecule has 1 saturated carbocycles. The van der Waals surface area contributed by atoms with Crippen LogP contribution in [0.2, 0.25) is 0 Å². The van der Waals surface area contributed by atoms with Crippen LogP contribution in [0.15, 0.2) is 18.5 Å². The van der Waals surface area contributed by atoms with E-state index < -0.39 is 0 Å². The highest BCUT2D eigenvalue weighted by Gasteiger charge is 2.29. The van der Waals surface area contributed by atoms with Crippen molar-refractivity contribution in [1.82, 2.24) is 9.97 Å². The molecular formula is C16H16N4O. The van der Waals surface area contributed by atoms with Crippen molar-refractivity contribution >= 4 is 28.3 Å². The number of amides is 1. The summed E-state index contributed by atoms with van der Waals surface area (Å²) in [6.07, 6.45) is 10.8. The Labute approximate surface area is 123 Å². The molecule has 3 rings (SSSR count). The smallest absolute Gasteiger partial charge is 0.228 e. The predicted molar refractivity (Wildman–Crippen MR) is 83.0 cm³/mol. The number of terminal acetylenes is 1. The van der Waals surface area contributed by atoms with E-state index in [1.807, 2.05) is 13.0 Å². The lowest BCUT2D eigenvalue weighted by Gasteiger charge is -2.10. The van der Waals surface area contributed by atoms with Crippen LogP contribution in [0.4, 0.5) is 11.6 Å². The summed E-state index contributed by atoms with van der Waals surface area (Å²) in [6, 6.07) is 1.81. The van der Waals surface area contributed by atoms with Crippen LogP contribution in [0.1, 0.15) is 25.3 Å². The van der Waals surface area contributed by atoms with Crippen LogP contribution in [0.5, 0.6) is 0 Å². The van der Waals surface area contributed by atoms with Gasteiger partial charge in [-0.05, 0) is 25.8 Å². The van der Waals surface area contributed by atoms with Gasteiger partial charge in [-0.1, -0.05) is 5.92 Å². The Balaban J connectivity index is 2.02. The third-order valence-electron chi connectivity index (χ3n) is 3.47. The van der Waals surface area contributed by atoms with Crippen molar-refractivity contribution in [3.8, 4) is 12.3 Å². The van der Waals surface area contributed by atoms with Gasteiger partial charge in [-0.2, -0.15) is 0 Å². The molecule has 2 aromatic heterocycles. The van der Waals surface area contributed by atoms with Gasteiger partial charge in [0.1, 0.15) is 11.6 Å². The van der Waals surface area contributed by atoms with E-state index in [4.69, 9.17) is 6.42 Å². The minimum absolute atomic E-state index is 0.0325. The van der Waals surface area contributed by atoms with Gasteiger partial charge in [0.2, 0.25) is 5.91 Å². The summed E-state index contributed by atoms with van der Waals surface area (Å²) in [4.78, 5) is 20.4. The number of fused-ring (bicyclic) bond motifs is 1. The van der Waals surface area contributed by atoms with Gasteiger partial charge >= 0.3 is 0 Å². The summed E-state index contributed by atoms with van der Waals surface area (Å²) >= 11 is 0. The van der Waals surface area contributed by atoms with Crippen LogP contribution in [-0.2, 0) is 4.79 Å². The van der Waals surface area contributed by atoms with Crippen molar-refractivity contribution < 1.29 is 4.79 Å². The molecule has 1 aliphatic carbocycles. The summed E-state index contributed by atoms with van der Waals surface area (Å²) in [5, 5.41) is 7.75. The van der Waals surface area contributed by atoms with Crippen molar-refractivity contribution in [2.24, 2.45) is 5.92 Å². The molecule has 2 N–H and O–H groups in total. The predicted octanol–water partition coefficient (Wildman–Crippen LogP) is 2.39. The van der Waals surface area contributed by atoms with Crippen LogP contribution in [0, 0.1) is 18.3 Å². The van der Waals surface area contributed by atoms with Gasteiger partial charge in [-0.15, -0.1) is 6.42 Å². The Bertz CT molecular complexity index is 744. The molecule has 1 aliphatic rings. The van der Waals surface area contributed by atoms with E-state index in [0.717, 1.165) is 36.0 Å². The highest BCUT2D eigenvalue weighted by Crippen LogP contribution is 2.31. The minimum atomic E-state index is 0.0325. The SMILES string of the molecule is C#Cc1cnc(NCC)c2cnc(NC(=O)C3CC3)cc12. The van der Waals surface area contributed by atoms with Crippen LogP contribution >= 0.6 is 0 Å². The second kappa shape index (κ2) is 5.41. The zero-order valence-corrected chi connectivity index (χ0v) is 11.8. The fourth-order valence-electron chi connectivity index (χ4n) is 2.20. The van der Waals surface area contributed by atoms with Crippen LogP contribution in [0.25, 0.3) is 10.8 Å². The molecule has 0 spiro atoms. The first-order valence-electron chi connectivity index (χ1n) is 7.03. The number of hydrogen-bond acceptors (Lipinski definition) is 4. The molecule has 0 aromatic carbocycles. The third-order valence-corrected chi connectivity index (χ3v) is 3.47. The zero-order valence-electron chi connectivity index (χ0n) is 11.8. The average Bonchev–Trinajstić information content (AvgIpc) is 3.32. The standard InChI is InChI=1S/C16H16N4O/c1-3-10-8-19-15(17-4-2)13-9-18-14(7-12(10)13)20-16(21)11-5-6-11/h1,7-9,11H,4-6H2,2H3,(H,17,19)(H,18,20,21). The quantitative estimate of drug-likeness (QED) is 0.844. The molecule has 2 aromatic rings. The Kier molecular flexibility index (Phi) is 3.44. The highest BCUT2D eigenvalue weighted by molar-refractivity contribution is 5.99. The van der Waals surface area contributed by atoms with Crippen LogP contribution in [-0.4, -0.2) is 22.4 Å². The van der Waals surface area contributed by atoms with Crippen molar-refractivity contribution in [2.45, 2.75) is 19.8 Å². The fourth-order valence-corrected chi connectivity index (χ4v) is 2.20. The topological polar surface area (TPSA) is 66.9 Å². The number of pyridine rings is 2. The van der Waals surface area contributed by atoms with Crippen LogP contribution in [0.3, 0.4) is 0 Å². The summed E-state index contributed by atoms with van der Waals surface area (Å²) in [5.41, 5.74) is 0.691. The molecule has 0 radical (unpaired) electrons. The molecule has 0 unspecified atom stereocenters. The molecule has 0 saturated heterocycles. The summed E-state index contributed by atoms with van der Waals surface area (Å²) in [6.45, 7) is 2.76. The average molecular weight is 280 g/mol. The molecular weight excluding hydrogens is 264 g/mol. The number of anilines is 2. The second-order valence-electron chi connectivity index (χ2n) is 5.07. The monoisotopic (exact) mass is 280 g/mol. The van der Waals surface area contributed by atoms with Gasteiger partial charge in [-0.3, -0.25) is 4.79 Å². The fraction of sp³-hybridized carbons (Fsp3) is 0.312. The normalized spacial score (nSPS) is 13.7. The van der Waals surface area contributed by atoms with Gasteiger partial charge in [-0.25, -0.2) is 9.97 Å². The van der Waals surface area contributed by atoms with Gasteiger partial charge in [0, 0.05) is 35.6 Å². The number of aromatic nitrogens is 2. The molecule has 5 heteroatoms. The molecule has 0 aliphatic heterocycles. The minimum Gasteiger partial charge on any atom is -0.370 e. The van der Waals surface area contributed by atoms with Gasteiger partial charge in [0.15, 0.2) is 0 Å². The number of rotatable bonds is 4. The maximum absolute atomic E-state index is 11.8. The number of nitrogens with one attached hydrogen (secondary N) is 2. The van der Waals surface area contributed by atoms with E-state index >= 15 is 0 Å². The van der Waals surface area contributed by atoms with Gasteiger partial charge in [0.05, 0.1) is 5.56 Å². The maximum atomic E-state index is 11.8. The molecule has 5 nitrogen and oxygen atoms in total. The number of carbonyl (C=O) groups is 1. The van der Waals surface area contributed by atoms with Crippen molar-refractivity contribution in [1.29, 1.82) is 0 Å². The van der Waals surface area contributed by atoms with E-state index in [9.17, 15) is 4.79 Å². The molecule has 2 heterocycles. The van der Waals surface area contributed by atoms with E-state index in [1.165, 1.54) is 0 Å². The first-order valence-corrected chi connectivity index (χ1v) is 7.03. The summed E-state index contributed by atoms with van der Waals surface area (Å²) in [7, 11) is 0. The second-order valence-corrected chi connectivity index (χ2v) is 5.07. The Morgan fingerprint density at radius 3 is 2.86 bits per heavy atom. The molecule has 0 bridgehead atoms. The van der Waals surface area contributed by atoms with Gasteiger partial charge < -0.3 is 10.6 Å². The van der Waals surface area contributed by atoms with Crippen molar-refractivity contribution in [2.75, 3.05) is 17.2 Å². The summed E-state index contributed by atoms with van der Waals surface area (Å²) in [5.74, 6) is 4.08. The van der Waals surface area contributed by atoms with E-state index in [0.29, 0.717) is 11.4 Å². The van der Waals surface area contributed by atoms with E-state index in [1.54, 1.807) is 12.4 Å². The largest absolute Gasteiger partial charge is 0.370 e. The third kappa shape index (κ3) is 2.65. The number of hydrogen-bond donors (Lipinski definition) is 2. The Morgan fingerprint density at radius 1 is 1.38 bits per heavy atom. The lowest BCUT2D eigenvalue weighted by molar-refractivity contribution is -0.117. The van der Waals surface area contributed by atoms with E-state index in [-0.39, 0.29) is 11.8 Å². The summed E-state index contributed by atoms with van der Waals surface area (Å²) < 4.78 is 0. The van der Waals surface area contributed by atoms with E-state index in [2.05, 4.69) is 26.5 Å². The molecule has 0 atom stereocenters. The highest BCUT2D eigenvalue weighted by atomic mass is 16.2. The first-order chi connectivity index (χ1) is 10.2. The number of nitrogens with zero attached hydrogens (tertiary/aromatic N) is 2. The molecule has 106 valence electrons. The first kappa shape index (κ1) is 13.4. The van der Waals surface area contributed by atoms with Crippen molar-refractivity contribution in [3.05, 3.63) is 24.0 Å². The Morgan fingerprint density at radius 2 is 2.19 bits per heavy atom. The molecule has 21 heavy (non-hydrogen) atoms. The van der Waals surface area contributed by atoms with Crippen molar-refractivity contribution in [3.63, 3.8) is 0 Å². The number of carbonyl (C=O) groups excluding carboxylic acids is 1. The lowest BCUT2D eigenvalue weighted by atomic mass is 10.1. The molecule has 1 fully saturated rings. The maximum Gasteiger partial charge on any atom is 0.228 e. The lowest BCUT2D eigenvalue weighted by Crippen LogP contribution is -2.14. The molecule has 1 amide bonds. The van der Waals surface area contributed by atoms with Gasteiger partial charge in [0.25, 0.3) is 0 Å².